The Morgan fingerprint density at radius 1 is 1.13 bits per heavy atom. The van der Waals surface area contributed by atoms with Gasteiger partial charge in [-0.2, -0.15) is 0 Å². The smallest absolute Gasteiger partial charge is 0.254 e. The molecule has 2 aromatic rings. The number of hydrogen-bond donors (Lipinski definition) is 0. The predicted octanol–water partition coefficient (Wildman–Crippen LogP) is 2.88. The van der Waals surface area contributed by atoms with E-state index in [1.54, 1.807) is 42.5 Å². The molecule has 0 aromatic heterocycles. The molecular formula is C18H21NO3S. The molecule has 0 bridgehead atoms. The van der Waals surface area contributed by atoms with Crippen molar-refractivity contribution in [2.75, 3.05) is 26.5 Å². The lowest BCUT2D eigenvalue weighted by Crippen LogP contribution is -2.31. The molecule has 1 unspecified atom stereocenters. The van der Waals surface area contributed by atoms with E-state index in [1.165, 1.54) is 5.56 Å². The highest BCUT2D eigenvalue weighted by Gasteiger charge is 2.17. The van der Waals surface area contributed by atoms with Gasteiger partial charge in [-0.25, -0.2) is 0 Å². The predicted molar refractivity (Wildman–Crippen MR) is 92.4 cm³/mol. The van der Waals surface area contributed by atoms with Crippen LogP contribution in [0.3, 0.4) is 0 Å². The van der Waals surface area contributed by atoms with E-state index in [9.17, 15) is 9.00 Å². The summed E-state index contributed by atoms with van der Waals surface area (Å²) in [7, 11) is 0.524. The molecule has 0 aliphatic rings. The van der Waals surface area contributed by atoms with Crippen LogP contribution < -0.4 is 4.74 Å². The quantitative estimate of drug-likeness (QED) is 0.818. The Morgan fingerprint density at radius 3 is 2.43 bits per heavy atom. The number of hydrogen-bond acceptors (Lipinski definition) is 3. The van der Waals surface area contributed by atoms with Crippen molar-refractivity contribution in [1.29, 1.82) is 0 Å². The van der Waals surface area contributed by atoms with Gasteiger partial charge in [0.1, 0.15) is 12.4 Å². The number of benzene rings is 2. The Bertz CT molecular complexity index is 698. The van der Waals surface area contributed by atoms with Crippen molar-refractivity contribution in [3.05, 3.63) is 59.7 Å². The van der Waals surface area contributed by atoms with Gasteiger partial charge in [-0.3, -0.25) is 9.00 Å². The van der Waals surface area contributed by atoms with Crippen LogP contribution in [0.2, 0.25) is 0 Å². The van der Waals surface area contributed by atoms with E-state index in [0.29, 0.717) is 23.6 Å². The number of nitrogens with zero attached hydrogens (tertiary/aromatic N) is 1. The molecule has 1 atom stereocenters. The summed E-state index contributed by atoms with van der Waals surface area (Å²) < 4.78 is 17.4. The zero-order chi connectivity index (χ0) is 16.8. The molecule has 0 N–H and O–H groups in total. The van der Waals surface area contributed by atoms with Crippen LogP contribution in [0.1, 0.15) is 15.9 Å². The van der Waals surface area contributed by atoms with Crippen molar-refractivity contribution in [2.45, 2.75) is 11.8 Å². The Labute approximate surface area is 139 Å². The first-order valence-electron chi connectivity index (χ1n) is 7.36. The summed E-state index contributed by atoms with van der Waals surface area (Å²) in [6.45, 7) is 2.88. The summed E-state index contributed by atoms with van der Waals surface area (Å²) in [5, 5.41) is 0. The van der Waals surface area contributed by atoms with Gasteiger partial charge in [-0.05, 0) is 31.2 Å². The Hall–Kier alpha value is -2.14. The van der Waals surface area contributed by atoms with Crippen molar-refractivity contribution in [2.24, 2.45) is 0 Å². The molecule has 2 aromatic carbocycles. The topological polar surface area (TPSA) is 46.6 Å². The van der Waals surface area contributed by atoms with Crippen molar-refractivity contribution in [1.82, 2.24) is 4.90 Å². The van der Waals surface area contributed by atoms with E-state index in [-0.39, 0.29) is 5.91 Å². The fourth-order valence-corrected chi connectivity index (χ4v) is 2.87. The molecule has 0 aliphatic carbocycles. The molecule has 122 valence electrons. The van der Waals surface area contributed by atoms with Gasteiger partial charge in [0.2, 0.25) is 0 Å². The summed E-state index contributed by atoms with van der Waals surface area (Å²) in [6, 6.07) is 14.8. The van der Waals surface area contributed by atoms with Gasteiger partial charge in [0, 0.05) is 13.3 Å². The molecule has 0 radical (unpaired) electrons. The minimum atomic E-state index is -1.19. The maximum atomic E-state index is 12.5. The zero-order valence-corrected chi connectivity index (χ0v) is 14.4. The van der Waals surface area contributed by atoms with Gasteiger partial charge in [0.05, 0.1) is 27.8 Å². The Morgan fingerprint density at radius 2 is 1.78 bits per heavy atom. The van der Waals surface area contributed by atoms with Crippen LogP contribution >= 0.6 is 0 Å². The third kappa shape index (κ3) is 4.66. The second-order valence-corrected chi connectivity index (χ2v) is 6.69. The van der Waals surface area contributed by atoms with Crippen LogP contribution in [0.25, 0.3) is 0 Å². The average molecular weight is 331 g/mol. The number of aryl methyl sites for hydroxylation is 1. The lowest BCUT2D eigenvalue weighted by atomic mass is 10.2. The first-order valence-corrected chi connectivity index (χ1v) is 8.92. The van der Waals surface area contributed by atoms with Crippen LogP contribution in [0.5, 0.6) is 5.75 Å². The molecular weight excluding hydrogens is 310 g/mol. The summed E-state index contributed by atoms with van der Waals surface area (Å²) in [6.07, 6.45) is 1.58. The van der Waals surface area contributed by atoms with Crippen molar-refractivity contribution in [3.63, 3.8) is 0 Å². The van der Waals surface area contributed by atoms with E-state index in [0.717, 1.165) is 5.75 Å². The maximum absolute atomic E-state index is 12.5. The number of amides is 1. The first kappa shape index (κ1) is 17.2. The third-order valence-corrected chi connectivity index (χ3v) is 4.47. The molecule has 2 rings (SSSR count). The minimum absolute atomic E-state index is 0.150. The van der Waals surface area contributed by atoms with E-state index in [2.05, 4.69) is 0 Å². The number of carbonyl (C=O) groups excluding carboxylic acids is 1. The van der Waals surface area contributed by atoms with Crippen LogP contribution in [0.4, 0.5) is 0 Å². The fraction of sp³-hybridized carbons (Fsp3) is 0.278. The standard InChI is InChI=1S/C18H21NO3S/c1-14-8-10-15(11-9-14)22-13-12-19(2)18(20)16-6-4-5-7-17(16)23(3)21/h4-11H,12-13H2,1-3H3. The van der Waals surface area contributed by atoms with E-state index >= 15 is 0 Å². The highest BCUT2D eigenvalue weighted by Crippen LogP contribution is 2.15. The van der Waals surface area contributed by atoms with Crippen LogP contribution in [0.15, 0.2) is 53.4 Å². The lowest BCUT2D eigenvalue weighted by molar-refractivity contribution is 0.0770. The zero-order valence-electron chi connectivity index (χ0n) is 13.6. The minimum Gasteiger partial charge on any atom is -0.492 e. The maximum Gasteiger partial charge on any atom is 0.254 e. The number of rotatable bonds is 6. The molecule has 0 spiro atoms. The third-order valence-electron chi connectivity index (χ3n) is 3.49. The summed E-state index contributed by atoms with van der Waals surface area (Å²) >= 11 is 0. The Balaban J connectivity index is 1.95. The first-order chi connectivity index (χ1) is 11.0. The van der Waals surface area contributed by atoms with E-state index in [4.69, 9.17) is 4.74 Å². The summed E-state index contributed by atoms with van der Waals surface area (Å²) in [4.78, 5) is 14.6. The largest absolute Gasteiger partial charge is 0.492 e. The van der Waals surface area contributed by atoms with Gasteiger partial charge in [-0.1, -0.05) is 29.8 Å². The molecule has 0 heterocycles. The Kier molecular flexibility index (Phi) is 5.93. The normalized spacial score (nSPS) is 11.8. The average Bonchev–Trinajstić information content (AvgIpc) is 2.55. The highest BCUT2D eigenvalue weighted by atomic mass is 32.2. The summed E-state index contributed by atoms with van der Waals surface area (Å²) in [5.74, 6) is 0.634. The summed E-state index contributed by atoms with van der Waals surface area (Å²) in [5.41, 5.74) is 1.65. The van der Waals surface area contributed by atoms with Crippen LogP contribution in [-0.2, 0) is 10.8 Å². The number of ether oxygens (including phenoxy) is 1. The van der Waals surface area contributed by atoms with Crippen molar-refractivity contribution in [3.8, 4) is 5.75 Å². The van der Waals surface area contributed by atoms with Gasteiger partial charge >= 0.3 is 0 Å². The van der Waals surface area contributed by atoms with Gasteiger partial charge in [0.15, 0.2) is 0 Å². The van der Waals surface area contributed by atoms with E-state index in [1.807, 2.05) is 31.2 Å². The van der Waals surface area contributed by atoms with E-state index < -0.39 is 10.8 Å². The van der Waals surface area contributed by atoms with Crippen molar-refractivity contribution < 1.29 is 13.7 Å². The molecule has 0 saturated heterocycles. The molecule has 0 fully saturated rings. The van der Waals surface area contributed by atoms with Crippen molar-refractivity contribution >= 4 is 16.7 Å². The molecule has 1 amide bonds. The van der Waals surface area contributed by atoms with Gasteiger partial charge in [0.25, 0.3) is 5.91 Å². The van der Waals surface area contributed by atoms with Crippen LogP contribution in [-0.4, -0.2) is 41.5 Å². The highest BCUT2D eigenvalue weighted by molar-refractivity contribution is 7.84. The van der Waals surface area contributed by atoms with Gasteiger partial charge < -0.3 is 9.64 Å². The fourth-order valence-electron chi connectivity index (χ4n) is 2.14. The second kappa shape index (κ2) is 7.92. The number of carbonyl (C=O) groups is 1. The SMILES string of the molecule is Cc1ccc(OCCN(C)C(=O)c2ccccc2S(C)=O)cc1. The molecule has 23 heavy (non-hydrogen) atoms. The monoisotopic (exact) mass is 331 g/mol. The van der Waals surface area contributed by atoms with Gasteiger partial charge in [-0.15, -0.1) is 0 Å². The molecule has 5 heteroatoms. The van der Waals surface area contributed by atoms with Crippen LogP contribution in [0, 0.1) is 6.92 Å². The lowest BCUT2D eigenvalue weighted by Gasteiger charge is -2.19. The number of likely N-dealkylation sites (N-methyl/N-ethyl adjacent to an activating group) is 1. The molecule has 4 nitrogen and oxygen atoms in total. The second-order valence-electron chi connectivity index (χ2n) is 5.34. The molecule has 0 aliphatic heterocycles. The molecule has 0 saturated carbocycles.